The van der Waals surface area contributed by atoms with E-state index in [0.717, 1.165) is 51.1 Å². The van der Waals surface area contributed by atoms with Crippen LogP contribution in [0.25, 0.3) is 0 Å². The van der Waals surface area contributed by atoms with Gasteiger partial charge >= 0.3 is 5.97 Å². The Morgan fingerprint density at radius 2 is 1.73 bits per heavy atom. The van der Waals surface area contributed by atoms with Crippen LogP contribution in [0.15, 0.2) is 24.3 Å². The van der Waals surface area contributed by atoms with Crippen LogP contribution in [0.5, 0.6) is 0 Å². The van der Waals surface area contributed by atoms with Crippen LogP contribution < -0.4 is 10.2 Å². The summed E-state index contributed by atoms with van der Waals surface area (Å²) in [6.07, 6.45) is 4.33. The normalized spacial score (nSPS) is 33.5. The van der Waals surface area contributed by atoms with Crippen molar-refractivity contribution in [2.24, 2.45) is 23.2 Å². The van der Waals surface area contributed by atoms with Crippen LogP contribution in [-0.4, -0.2) is 59.6 Å². The molecule has 1 aromatic rings. The molecule has 33 heavy (non-hydrogen) atoms. The van der Waals surface area contributed by atoms with Gasteiger partial charge in [0.2, 0.25) is 5.91 Å². The standard InChI is InChI=1S/C26H34N4O3/c1-25(2,30-9-7-29(8-10-30)21-6-4-3-5-18(21)16-27)23(31)28-22-19-11-17-12-20(22)15-26(13-17,14-19)24(32)33/h3-6,17,19-20,22H,7-15H2,1-2H3,(H,28,31)(H,32,33). The molecule has 2 atom stereocenters. The summed E-state index contributed by atoms with van der Waals surface area (Å²) in [5.74, 6) is 0.486. The Morgan fingerprint density at radius 3 is 2.33 bits per heavy atom. The zero-order valence-corrected chi connectivity index (χ0v) is 19.6. The highest BCUT2D eigenvalue weighted by atomic mass is 16.4. The first kappa shape index (κ1) is 22.2. The number of amides is 1. The van der Waals surface area contributed by atoms with E-state index in [9.17, 15) is 20.0 Å². The van der Waals surface area contributed by atoms with Gasteiger partial charge in [-0.15, -0.1) is 0 Å². The zero-order chi connectivity index (χ0) is 23.4. The van der Waals surface area contributed by atoms with Gasteiger partial charge in [0.25, 0.3) is 0 Å². The number of aliphatic carboxylic acids is 1. The predicted octanol–water partition coefficient (Wildman–Crippen LogP) is 2.85. The monoisotopic (exact) mass is 450 g/mol. The lowest BCUT2D eigenvalue weighted by Crippen LogP contribution is -2.66. The third-order valence-corrected chi connectivity index (χ3v) is 9.02. The molecule has 6 rings (SSSR count). The number of anilines is 1. The molecule has 7 nitrogen and oxygen atoms in total. The van der Waals surface area contributed by atoms with Crippen molar-refractivity contribution in [1.82, 2.24) is 10.2 Å². The lowest BCUT2D eigenvalue weighted by molar-refractivity contribution is -0.168. The van der Waals surface area contributed by atoms with E-state index < -0.39 is 16.9 Å². The SMILES string of the molecule is CC(C)(C(=O)NC1C2CC3CC1CC(C(=O)O)(C3)C2)N1CCN(c2ccccc2C#N)CC1. The van der Waals surface area contributed by atoms with E-state index >= 15 is 0 Å². The minimum atomic E-state index is -0.639. The fraction of sp³-hybridized carbons (Fsp3) is 0.654. The molecule has 176 valence electrons. The molecule has 7 heteroatoms. The largest absolute Gasteiger partial charge is 0.481 e. The Labute approximate surface area is 195 Å². The van der Waals surface area contributed by atoms with Gasteiger partial charge in [0.1, 0.15) is 6.07 Å². The number of hydrogen-bond donors (Lipinski definition) is 2. The predicted molar refractivity (Wildman–Crippen MR) is 125 cm³/mol. The van der Waals surface area contributed by atoms with Crippen molar-refractivity contribution in [3.05, 3.63) is 29.8 Å². The van der Waals surface area contributed by atoms with Gasteiger partial charge in [-0.2, -0.15) is 5.26 Å². The molecule has 2 N–H and O–H groups in total. The van der Waals surface area contributed by atoms with E-state index in [1.54, 1.807) is 0 Å². The zero-order valence-electron chi connectivity index (χ0n) is 19.6. The molecular formula is C26H34N4O3. The number of nitrogens with one attached hydrogen (secondary N) is 1. The van der Waals surface area contributed by atoms with E-state index in [0.29, 0.717) is 24.3 Å². The molecule has 2 unspecified atom stereocenters. The second-order valence-corrected chi connectivity index (χ2v) is 11.2. The van der Waals surface area contributed by atoms with Gasteiger partial charge in [0.15, 0.2) is 0 Å². The van der Waals surface area contributed by atoms with E-state index in [-0.39, 0.29) is 23.8 Å². The molecule has 5 fully saturated rings. The minimum absolute atomic E-state index is 0.0511. The number of nitriles is 1. The first-order chi connectivity index (χ1) is 15.7. The van der Waals surface area contributed by atoms with Crippen LogP contribution in [-0.2, 0) is 9.59 Å². The number of piperazine rings is 1. The van der Waals surface area contributed by atoms with Gasteiger partial charge in [-0.05, 0) is 75.8 Å². The van der Waals surface area contributed by atoms with E-state index in [1.807, 2.05) is 38.1 Å². The maximum atomic E-state index is 13.5. The molecule has 0 aromatic heterocycles. The van der Waals surface area contributed by atoms with Crippen LogP contribution in [0.2, 0.25) is 0 Å². The summed E-state index contributed by atoms with van der Waals surface area (Å²) in [5, 5.41) is 22.7. The molecule has 4 bridgehead atoms. The molecule has 5 aliphatic rings. The van der Waals surface area contributed by atoms with Crippen molar-refractivity contribution in [2.45, 2.75) is 57.5 Å². The van der Waals surface area contributed by atoms with Crippen molar-refractivity contribution in [3.8, 4) is 6.07 Å². The molecular weight excluding hydrogens is 416 g/mol. The molecule has 1 aliphatic heterocycles. The van der Waals surface area contributed by atoms with Gasteiger partial charge in [0.05, 0.1) is 22.2 Å². The highest BCUT2D eigenvalue weighted by Gasteiger charge is 2.59. The number of rotatable bonds is 5. The van der Waals surface area contributed by atoms with Gasteiger partial charge in [-0.3, -0.25) is 14.5 Å². The van der Waals surface area contributed by atoms with E-state index in [1.165, 1.54) is 0 Å². The second kappa shape index (κ2) is 8.02. The van der Waals surface area contributed by atoms with Gasteiger partial charge < -0.3 is 15.3 Å². The maximum Gasteiger partial charge on any atom is 0.309 e. The summed E-state index contributed by atoms with van der Waals surface area (Å²) in [7, 11) is 0. The van der Waals surface area contributed by atoms with Crippen LogP contribution in [0.3, 0.4) is 0 Å². The summed E-state index contributed by atoms with van der Waals surface area (Å²) in [4.78, 5) is 30.0. The van der Waals surface area contributed by atoms with E-state index in [2.05, 4.69) is 21.2 Å². The number of carboxylic acids is 1. The molecule has 0 spiro atoms. The summed E-state index contributed by atoms with van der Waals surface area (Å²) in [6, 6.07) is 10.1. The maximum absolute atomic E-state index is 13.5. The molecule has 0 radical (unpaired) electrons. The summed E-state index contributed by atoms with van der Waals surface area (Å²) in [5.41, 5.74) is 0.454. The summed E-state index contributed by atoms with van der Waals surface area (Å²) in [6.45, 7) is 7.04. The highest BCUT2D eigenvalue weighted by molar-refractivity contribution is 5.86. The average molecular weight is 451 g/mol. The lowest BCUT2D eigenvalue weighted by atomic mass is 9.48. The summed E-state index contributed by atoms with van der Waals surface area (Å²) >= 11 is 0. The lowest BCUT2D eigenvalue weighted by Gasteiger charge is -2.58. The fourth-order valence-corrected chi connectivity index (χ4v) is 7.34. The Hall–Kier alpha value is -2.59. The van der Waals surface area contributed by atoms with Gasteiger partial charge in [-0.1, -0.05) is 12.1 Å². The van der Waals surface area contributed by atoms with Crippen LogP contribution in [0, 0.1) is 34.5 Å². The Bertz CT molecular complexity index is 975. The first-order valence-corrected chi connectivity index (χ1v) is 12.3. The van der Waals surface area contributed by atoms with Crippen LogP contribution in [0.4, 0.5) is 5.69 Å². The van der Waals surface area contributed by atoms with Crippen molar-refractivity contribution in [1.29, 1.82) is 5.26 Å². The topological polar surface area (TPSA) is 96.7 Å². The Balaban J connectivity index is 1.23. The molecule has 1 saturated heterocycles. The van der Waals surface area contributed by atoms with Crippen molar-refractivity contribution < 1.29 is 14.7 Å². The molecule has 4 saturated carbocycles. The van der Waals surface area contributed by atoms with Crippen LogP contribution in [0.1, 0.15) is 51.5 Å². The van der Waals surface area contributed by atoms with E-state index in [4.69, 9.17) is 0 Å². The number of nitrogens with zero attached hydrogens (tertiary/aromatic N) is 3. The smallest absolute Gasteiger partial charge is 0.309 e. The van der Waals surface area contributed by atoms with Crippen LogP contribution >= 0.6 is 0 Å². The Morgan fingerprint density at radius 1 is 1.09 bits per heavy atom. The minimum Gasteiger partial charge on any atom is -0.481 e. The van der Waals surface area contributed by atoms with Gasteiger partial charge in [0, 0.05) is 32.2 Å². The number of benzene rings is 1. The third-order valence-electron chi connectivity index (χ3n) is 9.02. The number of para-hydroxylation sites is 1. The second-order valence-electron chi connectivity index (χ2n) is 11.2. The molecule has 1 aromatic carbocycles. The summed E-state index contributed by atoms with van der Waals surface area (Å²) < 4.78 is 0. The number of hydrogen-bond acceptors (Lipinski definition) is 5. The number of carbonyl (C=O) groups is 2. The Kier molecular flexibility index (Phi) is 5.40. The first-order valence-electron chi connectivity index (χ1n) is 12.3. The number of carboxylic acid groups (broad SMARTS) is 1. The third kappa shape index (κ3) is 3.69. The molecule has 1 amide bonds. The fourth-order valence-electron chi connectivity index (χ4n) is 7.34. The highest BCUT2D eigenvalue weighted by Crippen LogP contribution is 2.60. The quantitative estimate of drug-likeness (QED) is 0.716. The number of carbonyl (C=O) groups excluding carboxylic acids is 1. The van der Waals surface area contributed by atoms with Crippen molar-refractivity contribution in [3.63, 3.8) is 0 Å². The average Bonchev–Trinajstić information content (AvgIpc) is 2.80. The van der Waals surface area contributed by atoms with Crippen molar-refractivity contribution in [2.75, 3.05) is 31.1 Å². The van der Waals surface area contributed by atoms with Gasteiger partial charge in [-0.25, -0.2) is 0 Å². The molecule has 1 heterocycles. The molecule has 4 aliphatic carbocycles. The van der Waals surface area contributed by atoms with Crippen molar-refractivity contribution >= 4 is 17.6 Å².